The topological polar surface area (TPSA) is 55.8 Å². The van der Waals surface area contributed by atoms with E-state index < -0.39 is 7.82 Å². The van der Waals surface area contributed by atoms with Crippen LogP contribution in [-0.2, 0) is 9.29 Å². The minimum atomic E-state index is -4.63. The minimum absolute atomic E-state index is 0.0637. The number of hydrogen-bond donors (Lipinski definition) is 1. The van der Waals surface area contributed by atoms with Crippen LogP contribution in [0.5, 0.6) is 5.75 Å². The monoisotopic (exact) mass is 274 g/mol. The Morgan fingerprint density at radius 3 is 2.47 bits per heavy atom. The molecule has 1 atom stereocenters. The molecule has 0 amide bonds. The van der Waals surface area contributed by atoms with Crippen molar-refractivity contribution in [2.24, 2.45) is 0 Å². The average molecular weight is 274 g/mol. The molecule has 0 aliphatic heterocycles. The predicted octanol–water partition coefficient (Wildman–Crippen LogP) is 3.80. The van der Waals surface area contributed by atoms with Gasteiger partial charge < -0.3 is 4.52 Å². The van der Waals surface area contributed by atoms with Crippen molar-refractivity contribution in [3.63, 3.8) is 0 Å². The van der Waals surface area contributed by atoms with Gasteiger partial charge in [0.25, 0.3) is 0 Å². The van der Waals surface area contributed by atoms with Crippen LogP contribution in [0.25, 0.3) is 10.4 Å². The fourth-order valence-electron chi connectivity index (χ4n) is 1.27. The van der Waals surface area contributed by atoms with Crippen molar-refractivity contribution in [1.29, 1.82) is 0 Å². The maximum Gasteiger partial charge on any atom is 0.559 e. The summed E-state index contributed by atoms with van der Waals surface area (Å²) < 4.78 is 29.7. The fourth-order valence-corrected chi connectivity index (χ4v) is 2.42. The smallest absolute Gasteiger partial charge is 0.403 e. The molecule has 2 rings (SSSR count). The van der Waals surface area contributed by atoms with E-state index in [1.807, 2.05) is 17.5 Å². The Bertz CT molecular complexity index is 526. The van der Waals surface area contributed by atoms with Gasteiger partial charge in [-0.2, -0.15) is 0 Å². The first kappa shape index (κ1) is 12.3. The van der Waals surface area contributed by atoms with Gasteiger partial charge >= 0.3 is 7.82 Å². The van der Waals surface area contributed by atoms with Crippen molar-refractivity contribution in [3.05, 3.63) is 41.8 Å². The molecule has 1 aromatic carbocycles. The molecule has 1 aromatic heterocycles. The van der Waals surface area contributed by atoms with E-state index in [1.54, 1.807) is 23.5 Å². The highest BCUT2D eigenvalue weighted by Crippen LogP contribution is 2.44. The standard InChI is InChI=1S/C10H8FO4PS/c11-15-16(12,13)14-9-5-3-8(4-6-9)10-2-1-7-17-10/h1-7H,(H,12,13). The third kappa shape index (κ3) is 3.14. The maximum absolute atomic E-state index is 11.6. The highest BCUT2D eigenvalue weighted by Gasteiger charge is 2.23. The SMILES string of the molecule is O=P(O)(OF)Oc1ccc(-c2cccs2)cc1. The number of hydrogen-bond acceptors (Lipinski definition) is 4. The number of benzene rings is 1. The van der Waals surface area contributed by atoms with E-state index in [9.17, 15) is 9.09 Å². The Morgan fingerprint density at radius 1 is 1.24 bits per heavy atom. The van der Waals surface area contributed by atoms with Crippen molar-refractivity contribution < 1.29 is 23.2 Å². The molecule has 0 bridgehead atoms. The van der Waals surface area contributed by atoms with E-state index in [1.165, 1.54) is 12.1 Å². The van der Waals surface area contributed by atoms with Crippen LogP contribution in [-0.4, -0.2) is 4.89 Å². The summed E-state index contributed by atoms with van der Waals surface area (Å²) in [6.07, 6.45) is 0. The second-order valence-corrected chi connectivity index (χ2v) is 5.34. The molecule has 0 aliphatic carbocycles. The van der Waals surface area contributed by atoms with Crippen molar-refractivity contribution in [1.82, 2.24) is 0 Å². The predicted molar refractivity (Wildman–Crippen MR) is 62.4 cm³/mol. The molecule has 1 heterocycles. The van der Waals surface area contributed by atoms with E-state index in [4.69, 9.17) is 4.89 Å². The fraction of sp³-hybridized carbons (Fsp3) is 0. The summed E-state index contributed by atoms with van der Waals surface area (Å²) in [5.74, 6) is 0.0637. The Kier molecular flexibility index (Phi) is 3.59. The second kappa shape index (κ2) is 4.98. The third-order valence-corrected chi connectivity index (χ3v) is 3.50. The lowest BCUT2D eigenvalue weighted by Gasteiger charge is -2.07. The molecule has 4 nitrogen and oxygen atoms in total. The molecule has 0 radical (unpaired) electrons. The lowest BCUT2D eigenvalue weighted by Crippen LogP contribution is -1.91. The third-order valence-electron chi connectivity index (χ3n) is 1.97. The van der Waals surface area contributed by atoms with Crippen molar-refractivity contribution in [3.8, 4) is 16.2 Å². The molecule has 17 heavy (non-hydrogen) atoms. The van der Waals surface area contributed by atoms with Crippen LogP contribution in [0.4, 0.5) is 4.53 Å². The van der Waals surface area contributed by atoms with Gasteiger partial charge in [-0.25, -0.2) is 4.57 Å². The Morgan fingerprint density at radius 2 is 1.94 bits per heavy atom. The van der Waals surface area contributed by atoms with Gasteiger partial charge in [0, 0.05) is 4.88 Å². The van der Waals surface area contributed by atoms with Gasteiger partial charge in [-0.1, -0.05) is 10.8 Å². The number of phosphoric acid groups is 1. The highest BCUT2D eigenvalue weighted by atomic mass is 32.1. The van der Waals surface area contributed by atoms with Crippen molar-refractivity contribution in [2.75, 3.05) is 0 Å². The molecule has 0 fully saturated rings. The van der Waals surface area contributed by atoms with E-state index in [-0.39, 0.29) is 5.75 Å². The Balaban J connectivity index is 2.17. The van der Waals surface area contributed by atoms with Crippen LogP contribution < -0.4 is 4.52 Å². The summed E-state index contributed by atoms with van der Waals surface area (Å²) in [6, 6.07) is 10.2. The molecule has 7 heteroatoms. The van der Waals surface area contributed by atoms with Gasteiger partial charge in [0.2, 0.25) is 0 Å². The summed E-state index contributed by atoms with van der Waals surface area (Å²) in [4.78, 5) is 9.83. The van der Waals surface area contributed by atoms with Crippen LogP contribution in [0.15, 0.2) is 41.8 Å². The number of halogens is 1. The number of rotatable bonds is 4. The molecule has 0 saturated heterocycles. The minimum Gasteiger partial charge on any atom is -0.403 e. The van der Waals surface area contributed by atoms with Crippen molar-refractivity contribution in [2.45, 2.75) is 0 Å². The second-order valence-electron chi connectivity index (χ2n) is 3.13. The van der Waals surface area contributed by atoms with Gasteiger partial charge in [0.1, 0.15) is 5.75 Å². The largest absolute Gasteiger partial charge is 0.559 e. The van der Waals surface area contributed by atoms with Crippen LogP contribution in [0, 0.1) is 0 Å². The zero-order chi connectivity index (χ0) is 12.3. The molecular weight excluding hydrogens is 266 g/mol. The molecular formula is C10H8FO4PS. The summed E-state index contributed by atoms with van der Waals surface area (Å²) in [7, 11) is -4.63. The summed E-state index contributed by atoms with van der Waals surface area (Å²) in [5, 5.41) is 1.94. The Hall–Kier alpha value is -1.20. The molecule has 0 aliphatic rings. The molecule has 0 spiro atoms. The maximum atomic E-state index is 11.6. The van der Waals surface area contributed by atoms with Crippen LogP contribution >= 0.6 is 19.2 Å². The van der Waals surface area contributed by atoms with Gasteiger partial charge in [0.05, 0.1) is 0 Å². The van der Waals surface area contributed by atoms with E-state index in [0.29, 0.717) is 0 Å². The quantitative estimate of drug-likeness (QED) is 0.862. The van der Waals surface area contributed by atoms with Crippen LogP contribution in [0.2, 0.25) is 0 Å². The summed E-state index contributed by atoms with van der Waals surface area (Å²) >= 11 is 1.57. The zero-order valence-electron chi connectivity index (χ0n) is 8.45. The zero-order valence-corrected chi connectivity index (χ0v) is 10.2. The average Bonchev–Trinajstić information content (AvgIpc) is 2.83. The van der Waals surface area contributed by atoms with E-state index in [0.717, 1.165) is 10.4 Å². The first-order valence-corrected chi connectivity index (χ1v) is 6.95. The van der Waals surface area contributed by atoms with Crippen LogP contribution in [0.1, 0.15) is 0 Å². The summed E-state index contributed by atoms with van der Waals surface area (Å²) in [6.45, 7) is 0. The summed E-state index contributed by atoms with van der Waals surface area (Å²) in [5.41, 5.74) is 0.946. The normalized spacial score (nSPS) is 14.2. The Labute approximate surface area is 101 Å². The van der Waals surface area contributed by atoms with Gasteiger partial charge in [-0.15, -0.1) is 11.3 Å². The van der Waals surface area contributed by atoms with Gasteiger partial charge in [0.15, 0.2) is 0 Å². The number of phosphoric ester groups is 1. The molecule has 1 unspecified atom stereocenters. The van der Waals surface area contributed by atoms with E-state index in [2.05, 4.69) is 9.25 Å². The van der Waals surface area contributed by atoms with Gasteiger partial charge in [-0.3, -0.25) is 4.89 Å². The highest BCUT2D eigenvalue weighted by molar-refractivity contribution is 7.47. The molecule has 90 valence electrons. The molecule has 2 aromatic rings. The lowest BCUT2D eigenvalue weighted by molar-refractivity contribution is -0.0363. The first-order chi connectivity index (χ1) is 8.11. The lowest BCUT2D eigenvalue weighted by atomic mass is 10.2. The molecule has 1 N–H and O–H groups in total. The van der Waals surface area contributed by atoms with Crippen molar-refractivity contribution >= 4 is 19.2 Å². The van der Waals surface area contributed by atoms with E-state index >= 15 is 0 Å². The van der Waals surface area contributed by atoms with Crippen LogP contribution in [0.3, 0.4) is 0 Å². The first-order valence-electron chi connectivity index (χ1n) is 4.57. The molecule has 0 saturated carbocycles. The number of thiophene rings is 1. The van der Waals surface area contributed by atoms with Gasteiger partial charge in [-0.05, 0) is 45.8 Å².